The number of hydrogen-bond acceptors (Lipinski definition) is 0. The molecule has 0 amide bonds. The second kappa shape index (κ2) is 6.17. The predicted molar refractivity (Wildman–Crippen MR) is 84.7 cm³/mol. The van der Waals surface area contributed by atoms with Crippen molar-refractivity contribution in [2.24, 2.45) is 0 Å². The molecule has 0 nitrogen and oxygen atoms in total. The molecule has 0 aromatic heterocycles. The third-order valence-corrected chi connectivity index (χ3v) is 4.08. The second-order valence-electron chi connectivity index (χ2n) is 4.79. The van der Waals surface area contributed by atoms with Crippen molar-refractivity contribution in [2.75, 3.05) is 0 Å². The maximum Gasteiger partial charge on any atom is 0.0626 e. The van der Waals surface area contributed by atoms with E-state index in [1.165, 1.54) is 16.7 Å². The third kappa shape index (κ3) is 3.89. The van der Waals surface area contributed by atoms with Crippen LogP contribution in [0.25, 0.3) is 0 Å². The number of hydrogen-bond donors (Lipinski definition) is 0. The average molecular weight is 314 g/mol. The molecule has 0 saturated heterocycles. The van der Waals surface area contributed by atoms with Gasteiger partial charge in [-0.05, 0) is 60.7 Å². The minimum atomic E-state index is -0.127. The molecule has 19 heavy (non-hydrogen) atoms. The number of alkyl halides is 1. The Labute approximate surface area is 129 Å². The summed E-state index contributed by atoms with van der Waals surface area (Å²) in [7, 11) is 0. The highest BCUT2D eigenvalue weighted by Gasteiger charge is 2.11. The van der Waals surface area contributed by atoms with E-state index in [1.54, 1.807) is 6.07 Å². The third-order valence-electron chi connectivity index (χ3n) is 3.23. The smallest absolute Gasteiger partial charge is 0.0626 e. The SMILES string of the molecule is Cc1ccc(CC(Cl)c2cc(Cl)cc(Cl)c2)cc1C. The van der Waals surface area contributed by atoms with Gasteiger partial charge in [0.1, 0.15) is 0 Å². The van der Waals surface area contributed by atoms with Crippen LogP contribution >= 0.6 is 34.8 Å². The highest BCUT2D eigenvalue weighted by molar-refractivity contribution is 6.35. The first kappa shape index (κ1) is 14.7. The molecule has 1 atom stereocenters. The second-order valence-corrected chi connectivity index (χ2v) is 6.19. The molecular formula is C16H15Cl3. The lowest BCUT2D eigenvalue weighted by Crippen LogP contribution is -1.97. The Balaban J connectivity index is 2.20. The Bertz CT molecular complexity index is 570. The average Bonchev–Trinajstić information content (AvgIpc) is 2.32. The van der Waals surface area contributed by atoms with Gasteiger partial charge in [-0.15, -0.1) is 11.6 Å². The number of halogens is 3. The van der Waals surface area contributed by atoms with Gasteiger partial charge in [0, 0.05) is 10.0 Å². The van der Waals surface area contributed by atoms with E-state index in [0.717, 1.165) is 12.0 Å². The fraction of sp³-hybridized carbons (Fsp3) is 0.250. The summed E-state index contributed by atoms with van der Waals surface area (Å²) < 4.78 is 0. The molecule has 2 rings (SSSR count). The van der Waals surface area contributed by atoms with Crippen LogP contribution in [-0.2, 0) is 6.42 Å². The summed E-state index contributed by atoms with van der Waals surface area (Å²) in [5.41, 5.74) is 4.75. The summed E-state index contributed by atoms with van der Waals surface area (Å²) in [4.78, 5) is 0. The van der Waals surface area contributed by atoms with Crippen molar-refractivity contribution in [3.8, 4) is 0 Å². The first-order valence-corrected chi connectivity index (χ1v) is 7.31. The quantitative estimate of drug-likeness (QED) is 0.598. The van der Waals surface area contributed by atoms with Crippen LogP contribution in [0, 0.1) is 13.8 Å². The zero-order valence-electron chi connectivity index (χ0n) is 10.9. The van der Waals surface area contributed by atoms with Crippen LogP contribution in [0.1, 0.15) is 27.6 Å². The molecule has 0 fully saturated rings. The largest absolute Gasteiger partial charge is 0.117 e. The van der Waals surface area contributed by atoms with Gasteiger partial charge in [-0.3, -0.25) is 0 Å². The first-order chi connectivity index (χ1) is 8.95. The van der Waals surface area contributed by atoms with Crippen molar-refractivity contribution >= 4 is 34.8 Å². The van der Waals surface area contributed by atoms with Crippen molar-refractivity contribution in [1.82, 2.24) is 0 Å². The van der Waals surface area contributed by atoms with E-state index in [1.807, 2.05) is 12.1 Å². The number of aryl methyl sites for hydroxylation is 2. The summed E-state index contributed by atoms with van der Waals surface area (Å²) in [6.45, 7) is 4.21. The molecule has 3 heteroatoms. The van der Waals surface area contributed by atoms with E-state index in [2.05, 4.69) is 32.0 Å². The van der Waals surface area contributed by atoms with Crippen LogP contribution in [-0.4, -0.2) is 0 Å². The summed E-state index contributed by atoms with van der Waals surface area (Å²) >= 11 is 18.5. The van der Waals surface area contributed by atoms with Crippen molar-refractivity contribution in [1.29, 1.82) is 0 Å². The summed E-state index contributed by atoms with van der Waals surface area (Å²) in [6, 6.07) is 11.9. The van der Waals surface area contributed by atoms with Gasteiger partial charge >= 0.3 is 0 Å². The van der Waals surface area contributed by atoms with Crippen molar-refractivity contribution in [3.63, 3.8) is 0 Å². The van der Waals surface area contributed by atoms with Gasteiger partial charge in [-0.1, -0.05) is 41.4 Å². The van der Waals surface area contributed by atoms with Crippen LogP contribution in [0.3, 0.4) is 0 Å². The Hall–Kier alpha value is -0.690. The van der Waals surface area contributed by atoms with Crippen LogP contribution in [0.5, 0.6) is 0 Å². The first-order valence-electron chi connectivity index (χ1n) is 6.12. The summed E-state index contributed by atoms with van der Waals surface area (Å²) in [5.74, 6) is 0. The zero-order chi connectivity index (χ0) is 14.0. The van der Waals surface area contributed by atoms with Crippen LogP contribution in [0.4, 0.5) is 0 Å². The molecule has 0 saturated carbocycles. The fourth-order valence-corrected chi connectivity index (χ4v) is 2.86. The molecule has 2 aromatic carbocycles. The lowest BCUT2D eigenvalue weighted by atomic mass is 10.0. The highest BCUT2D eigenvalue weighted by atomic mass is 35.5. The topological polar surface area (TPSA) is 0 Å². The molecule has 0 aliphatic heterocycles. The molecule has 100 valence electrons. The van der Waals surface area contributed by atoms with Gasteiger partial charge in [0.25, 0.3) is 0 Å². The molecular weight excluding hydrogens is 299 g/mol. The van der Waals surface area contributed by atoms with Gasteiger partial charge in [0.05, 0.1) is 5.38 Å². The molecule has 0 radical (unpaired) electrons. The van der Waals surface area contributed by atoms with E-state index in [9.17, 15) is 0 Å². The number of rotatable bonds is 3. The summed E-state index contributed by atoms with van der Waals surface area (Å²) in [6.07, 6.45) is 0.763. The van der Waals surface area contributed by atoms with E-state index < -0.39 is 0 Å². The van der Waals surface area contributed by atoms with Crippen molar-refractivity contribution < 1.29 is 0 Å². The lowest BCUT2D eigenvalue weighted by Gasteiger charge is -2.12. The van der Waals surface area contributed by atoms with Gasteiger partial charge in [0.15, 0.2) is 0 Å². The number of benzene rings is 2. The van der Waals surface area contributed by atoms with E-state index in [-0.39, 0.29) is 5.38 Å². The summed E-state index contributed by atoms with van der Waals surface area (Å²) in [5, 5.41) is 1.11. The minimum Gasteiger partial charge on any atom is -0.117 e. The van der Waals surface area contributed by atoms with Crippen LogP contribution in [0.15, 0.2) is 36.4 Å². The molecule has 0 heterocycles. The monoisotopic (exact) mass is 312 g/mol. The predicted octanol–water partition coefficient (Wildman–Crippen LogP) is 6.13. The van der Waals surface area contributed by atoms with Crippen molar-refractivity contribution in [2.45, 2.75) is 25.6 Å². The molecule has 0 spiro atoms. The van der Waals surface area contributed by atoms with E-state index in [4.69, 9.17) is 34.8 Å². The van der Waals surface area contributed by atoms with Gasteiger partial charge in [-0.2, -0.15) is 0 Å². The Kier molecular flexibility index (Phi) is 4.78. The highest BCUT2D eigenvalue weighted by Crippen LogP contribution is 2.30. The van der Waals surface area contributed by atoms with Gasteiger partial charge in [0.2, 0.25) is 0 Å². The molecule has 1 unspecified atom stereocenters. The maximum atomic E-state index is 6.46. The standard InChI is InChI=1S/C16H15Cl3/c1-10-3-4-12(5-11(10)2)6-16(19)13-7-14(17)9-15(18)8-13/h3-5,7-9,16H,6H2,1-2H3. The lowest BCUT2D eigenvalue weighted by molar-refractivity contribution is 0.917. The van der Waals surface area contributed by atoms with Crippen molar-refractivity contribution in [3.05, 3.63) is 68.7 Å². The van der Waals surface area contributed by atoms with Crippen LogP contribution < -0.4 is 0 Å². The normalized spacial score (nSPS) is 12.5. The molecule has 0 N–H and O–H groups in total. The molecule has 0 bridgehead atoms. The zero-order valence-corrected chi connectivity index (χ0v) is 13.2. The van der Waals surface area contributed by atoms with Gasteiger partial charge in [-0.25, -0.2) is 0 Å². The molecule has 2 aromatic rings. The maximum absolute atomic E-state index is 6.46. The fourth-order valence-electron chi connectivity index (χ4n) is 2.01. The van der Waals surface area contributed by atoms with Gasteiger partial charge < -0.3 is 0 Å². The van der Waals surface area contributed by atoms with E-state index >= 15 is 0 Å². The van der Waals surface area contributed by atoms with E-state index in [0.29, 0.717) is 10.0 Å². The Morgan fingerprint density at radius 2 is 1.53 bits per heavy atom. The molecule has 0 aliphatic carbocycles. The Morgan fingerprint density at radius 1 is 0.895 bits per heavy atom. The minimum absolute atomic E-state index is 0.127. The molecule has 0 aliphatic rings. The Morgan fingerprint density at radius 3 is 2.11 bits per heavy atom. The van der Waals surface area contributed by atoms with Crippen LogP contribution in [0.2, 0.25) is 10.0 Å².